The number of rotatable bonds is 6. The van der Waals surface area contributed by atoms with E-state index in [1.54, 1.807) is 6.20 Å². The van der Waals surface area contributed by atoms with Crippen LogP contribution in [-0.4, -0.2) is 20.3 Å². The van der Waals surface area contributed by atoms with Crippen molar-refractivity contribution in [1.29, 1.82) is 0 Å². The maximum Gasteiger partial charge on any atom is 0.255 e. The minimum atomic E-state index is 0.602. The first-order valence-electron chi connectivity index (χ1n) is 5.78. The molecule has 0 spiro atoms. The summed E-state index contributed by atoms with van der Waals surface area (Å²) in [5, 5.41) is 0. The zero-order chi connectivity index (χ0) is 11.9. The maximum atomic E-state index is 5.63. The predicted octanol–water partition coefficient (Wildman–Crippen LogP) is 3.17. The molecule has 0 aliphatic carbocycles. The van der Waals surface area contributed by atoms with Gasteiger partial charge in [0.1, 0.15) is 0 Å². The minimum Gasteiger partial charge on any atom is -0.475 e. The summed E-state index contributed by atoms with van der Waals surface area (Å²) < 4.78 is 14.0. The molecule has 0 aliphatic heterocycles. The molecule has 90 valence electrons. The van der Waals surface area contributed by atoms with Gasteiger partial charge in [0, 0.05) is 6.20 Å². The molecule has 0 N–H and O–H groups in total. The fraction of sp³-hybridized carbons (Fsp3) is 0.417. The Kier molecular flexibility index (Phi) is 4.44. The van der Waals surface area contributed by atoms with Crippen LogP contribution in [0.5, 0.6) is 5.88 Å². The molecule has 0 bridgehead atoms. The van der Waals surface area contributed by atoms with Crippen LogP contribution < -0.4 is 4.74 Å². The molecule has 0 radical (unpaired) electrons. The van der Waals surface area contributed by atoms with Gasteiger partial charge in [0.2, 0.25) is 0 Å². The molecule has 4 nitrogen and oxygen atoms in total. The lowest BCUT2D eigenvalue weighted by atomic mass is 10.2. The Morgan fingerprint density at radius 2 is 2.18 bits per heavy atom. The van der Waals surface area contributed by atoms with Crippen LogP contribution in [-0.2, 0) is 0 Å². The van der Waals surface area contributed by atoms with Crippen LogP contribution in [0.2, 0.25) is 0 Å². The van der Waals surface area contributed by atoms with E-state index in [2.05, 4.69) is 20.7 Å². The normalized spacial score (nSPS) is 10.4. The summed E-state index contributed by atoms with van der Waals surface area (Å²) in [6.07, 6.45) is 5.16. The highest BCUT2D eigenvalue weighted by Gasteiger charge is 2.12. The molecule has 17 heavy (non-hydrogen) atoms. The molecule has 0 atom stereocenters. The van der Waals surface area contributed by atoms with Crippen LogP contribution >= 0.6 is 11.7 Å². The second-order valence-corrected chi connectivity index (χ2v) is 4.22. The maximum absolute atomic E-state index is 5.63. The second-order valence-electron chi connectivity index (χ2n) is 3.69. The molecule has 2 aromatic rings. The van der Waals surface area contributed by atoms with E-state index in [1.165, 1.54) is 12.8 Å². The van der Waals surface area contributed by atoms with Crippen molar-refractivity contribution in [2.24, 2.45) is 0 Å². The Bertz CT molecular complexity index is 444. The number of nitrogens with zero attached hydrogens (tertiary/aromatic N) is 3. The predicted molar refractivity (Wildman–Crippen MR) is 68.2 cm³/mol. The van der Waals surface area contributed by atoms with Crippen LogP contribution in [0.1, 0.15) is 26.2 Å². The molecule has 0 saturated carbocycles. The topological polar surface area (TPSA) is 47.9 Å². The Morgan fingerprint density at radius 1 is 1.24 bits per heavy atom. The lowest BCUT2D eigenvalue weighted by Gasteiger charge is -2.03. The van der Waals surface area contributed by atoms with Crippen molar-refractivity contribution < 1.29 is 4.74 Å². The first-order chi connectivity index (χ1) is 8.42. The average Bonchev–Trinajstić information content (AvgIpc) is 2.84. The van der Waals surface area contributed by atoms with Gasteiger partial charge < -0.3 is 4.74 Å². The highest BCUT2D eigenvalue weighted by Crippen LogP contribution is 2.25. The Hall–Kier alpha value is -1.49. The van der Waals surface area contributed by atoms with E-state index in [-0.39, 0.29) is 0 Å². The highest BCUT2D eigenvalue weighted by molar-refractivity contribution is 6.99. The van der Waals surface area contributed by atoms with E-state index in [0.29, 0.717) is 12.5 Å². The molecule has 2 rings (SSSR count). The van der Waals surface area contributed by atoms with Gasteiger partial charge >= 0.3 is 0 Å². The van der Waals surface area contributed by atoms with Gasteiger partial charge in [-0.15, -0.1) is 4.37 Å². The molecular formula is C12H15N3OS. The van der Waals surface area contributed by atoms with Crippen molar-refractivity contribution in [3.63, 3.8) is 0 Å². The van der Waals surface area contributed by atoms with E-state index in [9.17, 15) is 0 Å². The number of unbranched alkanes of at least 4 members (excludes halogenated alkanes) is 2. The quantitative estimate of drug-likeness (QED) is 0.738. The van der Waals surface area contributed by atoms with Gasteiger partial charge in [0.15, 0.2) is 5.69 Å². The second kappa shape index (κ2) is 6.30. The summed E-state index contributed by atoms with van der Waals surface area (Å²) in [7, 11) is 0. The summed E-state index contributed by atoms with van der Waals surface area (Å²) >= 11 is 1.16. The monoisotopic (exact) mass is 249 g/mol. The molecule has 5 heteroatoms. The Labute approximate surface area is 105 Å². The van der Waals surface area contributed by atoms with E-state index < -0.39 is 0 Å². The lowest BCUT2D eigenvalue weighted by molar-refractivity contribution is 0.298. The third kappa shape index (κ3) is 3.23. The van der Waals surface area contributed by atoms with Crippen molar-refractivity contribution >= 4 is 11.7 Å². The molecule has 2 heterocycles. The van der Waals surface area contributed by atoms with Crippen LogP contribution in [0.4, 0.5) is 0 Å². The average molecular weight is 249 g/mol. The van der Waals surface area contributed by atoms with Crippen LogP contribution in [0, 0.1) is 0 Å². The molecule has 0 fully saturated rings. The fourth-order valence-corrected chi connectivity index (χ4v) is 1.96. The zero-order valence-corrected chi connectivity index (χ0v) is 10.6. The molecule has 0 unspecified atom stereocenters. The number of hydrogen-bond donors (Lipinski definition) is 0. The first-order valence-corrected chi connectivity index (χ1v) is 6.51. The lowest BCUT2D eigenvalue weighted by Crippen LogP contribution is -1.98. The van der Waals surface area contributed by atoms with Gasteiger partial charge in [-0.3, -0.25) is 4.98 Å². The molecule has 0 amide bonds. The van der Waals surface area contributed by atoms with Gasteiger partial charge in [0.25, 0.3) is 5.88 Å². The van der Waals surface area contributed by atoms with Crippen molar-refractivity contribution in [1.82, 2.24) is 13.7 Å². The van der Waals surface area contributed by atoms with Gasteiger partial charge in [-0.2, -0.15) is 4.37 Å². The van der Waals surface area contributed by atoms with Gasteiger partial charge in [-0.25, -0.2) is 0 Å². The summed E-state index contributed by atoms with van der Waals surface area (Å²) in [6, 6.07) is 5.73. The fourth-order valence-electron chi connectivity index (χ4n) is 1.46. The van der Waals surface area contributed by atoms with Crippen LogP contribution in [0.25, 0.3) is 11.4 Å². The minimum absolute atomic E-state index is 0.602. The zero-order valence-electron chi connectivity index (χ0n) is 9.80. The smallest absolute Gasteiger partial charge is 0.255 e. The van der Waals surface area contributed by atoms with Crippen molar-refractivity contribution in [3.8, 4) is 17.3 Å². The summed E-state index contributed by atoms with van der Waals surface area (Å²) in [4.78, 5) is 4.25. The van der Waals surface area contributed by atoms with E-state index in [0.717, 1.165) is 29.5 Å². The Morgan fingerprint density at radius 3 is 2.94 bits per heavy atom. The first kappa shape index (κ1) is 12.0. The largest absolute Gasteiger partial charge is 0.475 e. The standard InChI is InChI=1S/C12H15N3OS/c1-2-3-6-9-16-12-11(14-17-15-12)10-7-4-5-8-13-10/h4-5,7-8H,2-3,6,9H2,1H3. The molecular weight excluding hydrogens is 234 g/mol. The molecule has 2 aromatic heterocycles. The number of hydrogen-bond acceptors (Lipinski definition) is 5. The summed E-state index contributed by atoms with van der Waals surface area (Å²) in [5.74, 6) is 0.602. The number of ether oxygens (including phenoxy) is 1. The molecule has 0 aliphatic rings. The van der Waals surface area contributed by atoms with Gasteiger partial charge in [-0.05, 0) is 18.6 Å². The highest BCUT2D eigenvalue weighted by atomic mass is 32.1. The summed E-state index contributed by atoms with van der Waals surface area (Å²) in [6.45, 7) is 2.86. The van der Waals surface area contributed by atoms with E-state index in [4.69, 9.17) is 4.74 Å². The molecule has 0 saturated heterocycles. The SMILES string of the molecule is CCCCCOc1nsnc1-c1ccccn1. The third-order valence-electron chi connectivity index (χ3n) is 2.35. The van der Waals surface area contributed by atoms with Crippen LogP contribution in [0.3, 0.4) is 0 Å². The third-order valence-corrected chi connectivity index (χ3v) is 2.86. The number of pyridine rings is 1. The molecule has 0 aromatic carbocycles. The van der Waals surface area contributed by atoms with Crippen LogP contribution in [0.15, 0.2) is 24.4 Å². The van der Waals surface area contributed by atoms with Crippen molar-refractivity contribution in [3.05, 3.63) is 24.4 Å². The van der Waals surface area contributed by atoms with E-state index in [1.807, 2.05) is 18.2 Å². The summed E-state index contributed by atoms with van der Waals surface area (Å²) in [5.41, 5.74) is 1.55. The van der Waals surface area contributed by atoms with E-state index >= 15 is 0 Å². The Balaban J connectivity index is 2.02. The number of aromatic nitrogens is 3. The van der Waals surface area contributed by atoms with Gasteiger partial charge in [0.05, 0.1) is 24.0 Å². The van der Waals surface area contributed by atoms with Crippen molar-refractivity contribution in [2.45, 2.75) is 26.2 Å². The van der Waals surface area contributed by atoms with Crippen molar-refractivity contribution in [2.75, 3.05) is 6.61 Å². The van der Waals surface area contributed by atoms with Gasteiger partial charge in [-0.1, -0.05) is 25.8 Å².